The molecule has 0 bridgehead atoms. The highest BCUT2D eigenvalue weighted by atomic mass is 16.5. The lowest BCUT2D eigenvalue weighted by molar-refractivity contribution is 0.318. The van der Waals surface area contributed by atoms with E-state index in [2.05, 4.69) is 15.1 Å². The SMILES string of the molecule is COc1ccc(CN(C)c2nccnc2C(N)=NO)cc1. The summed E-state index contributed by atoms with van der Waals surface area (Å²) in [5, 5.41) is 11.8. The fourth-order valence-corrected chi connectivity index (χ4v) is 1.92. The number of benzene rings is 1. The number of hydrogen-bond acceptors (Lipinski definition) is 6. The van der Waals surface area contributed by atoms with Gasteiger partial charge in [-0.15, -0.1) is 0 Å². The molecule has 110 valence electrons. The maximum absolute atomic E-state index is 8.80. The van der Waals surface area contributed by atoms with Crippen LogP contribution in [0.1, 0.15) is 11.3 Å². The summed E-state index contributed by atoms with van der Waals surface area (Å²) in [6.07, 6.45) is 3.06. The van der Waals surface area contributed by atoms with Gasteiger partial charge in [0.05, 0.1) is 7.11 Å². The van der Waals surface area contributed by atoms with Crippen molar-refractivity contribution in [3.63, 3.8) is 0 Å². The molecule has 0 aliphatic heterocycles. The van der Waals surface area contributed by atoms with Crippen LogP contribution in [0, 0.1) is 0 Å². The van der Waals surface area contributed by atoms with Crippen LogP contribution in [-0.2, 0) is 6.54 Å². The minimum Gasteiger partial charge on any atom is -0.497 e. The Labute approximate surface area is 122 Å². The number of ether oxygens (including phenoxy) is 1. The second kappa shape index (κ2) is 6.56. The van der Waals surface area contributed by atoms with Crippen LogP contribution in [0.4, 0.5) is 5.82 Å². The normalized spacial score (nSPS) is 11.2. The third-order valence-corrected chi connectivity index (χ3v) is 2.97. The van der Waals surface area contributed by atoms with E-state index in [0.717, 1.165) is 11.3 Å². The van der Waals surface area contributed by atoms with E-state index in [-0.39, 0.29) is 5.84 Å². The largest absolute Gasteiger partial charge is 0.497 e. The predicted octanol–water partition coefficient (Wildman–Crippen LogP) is 1.22. The first-order valence-corrected chi connectivity index (χ1v) is 6.28. The van der Waals surface area contributed by atoms with E-state index in [0.29, 0.717) is 18.1 Å². The second-order valence-electron chi connectivity index (χ2n) is 4.42. The molecule has 3 N–H and O–H groups in total. The number of anilines is 1. The van der Waals surface area contributed by atoms with Gasteiger partial charge in [0.15, 0.2) is 17.3 Å². The molecule has 0 saturated carbocycles. The molecule has 0 saturated heterocycles. The van der Waals surface area contributed by atoms with Crippen LogP contribution in [0.2, 0.25) is 0 Å². The van der Waals surface area contributed by atoms with Crippen molar-refractivity contribution in [1.82, 2.24) is 9.97 Å². The molecule has 1 heterocycles. The van der Waals surface area contributed by atoms with Crippen molar-refractivity contribution in [2.75, 3.05) is 19.1 Å². The van der Waals surface area contributed by atoms with E-state index in [4.69, 9.17) is 15.7 Å². The summed E-state index contributed by atoms with van der Waals surface area (Å²) in [5.74, 6) is 1.28. The molecule has 1 aromatic carbocycles. The van der Waals surface area contributed by atoms with Crippen molar-refractivity contribution < 1.29 is 9.94 Å². The molecule has 0 fully saturated rings. The summed E-state index contributed by atoms with van der Waals surface area (Å²) in [4.78, 5) is 10.2. The topological polar surface area (TPSA) is 96.9 Å². The highest BCUT2D eigenvalue weighted by Gasteiger charge is 2.14. The first-order chi connectivity index (χ1) is 10.2. The van der Waals surface area contributed by atoms with E-state index >= 15 is 0 Å². The van der Waals surface area contributed by atoms with Crippen LogP contribution >= 0.6 is 0 Å². The maximum Gasteiger partial charge on any atom is 0.192 e. The number of methoxy groups -OCH3 is 1. The number of nitrogens with two attached hydrogens (primary N) is 1. The van der Waals surface area contributed by atoms with Gasteiger partial charge in [-0.3, -0.25) is 0 Å². The monoisotopic (exact) mass is 287 g/mol. The Kier molecular flexibility index (Phi) is 4.55. The van der Waals surface area contributed by atoms with Crippen LogP contribution in [0.5, 0.6) is 5.75 Å². The molecule has 0 aliphatic carbocycles. The Bertz CT molecular complexity index is 628. The first-order valence-electron chi connectivity index (χ1n) is 6.28. The Balaban J connectivity index is 2.21. The van der Waals surface area contributed by atoms with Crippen LogP contribution in [0.15, 0.2) is 41.8 Å². The fourth-order valence-electron chi connectivity index (χ4n) is 1.92. The molecule has 7 nitrogen and oxygen atoms in total. The average molecular weight is 287 g/mol. The second-order valence-corrected chi connectivity index (χ2v) is 4.42. The van der Waals surface area contributed by atoms with Crippen LogP contribution < -0.4 is 15.4 Å². The molecule has 0 amide bonds. The molecule has 0 aliphatic rings. The van der Waals surface area contributed by atoms with Gasteiger partial charge in [0.2, 0.25) is 0 Å². The van der Waals surface area contributed by atoms with Crippen molar-refractivity contribution in [2.24, 2.45) is 10.9 Å². The van der Waals surface area contributed by atoms with Gasteiger partial charge in [0.25, 0.3) is 0 Å². The quantitative estimate of drug-likeness (QED) is 0.371. The Morgan fingerprint density at radius 2 is 1.95 bits per heavy atom. The zero-order valence-corrected chi connectivity index (χ0v) is 11.9. The molecule has 1 aromatic heterocycles. The van der Waals surface area contributed by atoms with Gasteiger partial charge in [-0.25, -0.2) is 9.97 Å². The maximum atomic E-state index is 8.80. The number of hydrogen-bond donors (Lipinski definition) is 2. The summed E-state index contributed by atoms with van der Waals surface area (Å²) in [7, 11) is 3.49. The highest BCUT2D eigenvalue weighted by molar-refractivity contribution is 5.99. The van der Waals surface area contributed by atoms with Crippen LogP contribution in [-0.4, -0.2) is 35.2 Å². The third kappa shape index (κ3) is 3.38. The third-order valence-electron chi connectivity index (χ3n) is 2.97. The zero-order valence-electron chi connectivity index (χ0n) is 11.9. The molecular formula is C14H17N5O2. The number of amidine groups is 1. The van der Waals surface area contributed by atoms with Crippen LogP contribution in [0.25, 0.3) is 0 Å². The summed E-state index contributed by atoms with van der Waals surface area (Å²) in [6, 6.07) is 7.72. The predicted molar refractivity (Wildman–Crippen MR) is 79.6 cm³/mol. The smallest absolute Gasteiger partial charge is 0.192 e. The summed E-state index contributed by atoms with van der Waals surface area (Å²) < 4.78 is 5.13. The summed E-state index contributed by atoms with van der Waals surface area (Å²) in [5.41, 5.74) is 7.04. The Morgan fingerprint density at radius 3 is 2.57 bits per heavy atom. The lowest BCUT2D eigenvalue weighted by atomic mass is 10.2. The minimum absolute atomic E-state index is 0.0697. The number of nitrogens with zero attached hydrogens (tertiary/aromatic N) is 4. The molecule has 0 radical (unpaired) electrons. The van der Waals surface area contributed by atoms with E-state index in [1.54, 1.807) is 13.3 Å². The first kappa shape index (κ1) is 14.6. The molecule has 0 unspecified atom stereocenters. The average Bonchev–Trinajstić information content (AvgIpc) is 2.54. The number of aromatic nitrogens is 2. The number of rotatable bonds is 5. The molecule has 21 heavy (non-hydrogen) atoms. The summed E-state index contributed by atoms with van der Waals surface area (Å²) in [6.45, 7) is 0.606. The van der Waals surface area contributed by atoms with Gasteiger partial charge in [-0.1, -0.05) is 17.3 Å². The van der Waals surface area contributed by atoms with Gasteiger partial charge < -0.3 is 20.6 Å². The molecule has 2 rings (SSSR count). The van der Waals surface area contributed by atoms with E-state index in [1.807, 2.05) is 36.2 Å². The van der Waals surface area contributed by atoms with Gasteiger partial charge in [-0.2, -0.15) is 0 Å². The lowest BCUT2D eigenvalue weighted by Crippen LogP contribution is -2.24. The zero-order chi connectivity index (χ0) is 15.2. The Hall–Kier alpha value is -2.83. The molecule has 0 spiro atoms. The highest BCUT2D eigenvalue weighted by Crippen LogP contribution is 2.18. The van der Waals surface area contributed by atoms with Gasteiger partial charge in [-0.05, 0) is 17.7 Å². The van der Waals surface area contributed by atoms with Gasteiger partial charge in [0, 0.05) is 26.0 Å². The molecule has 0 atom stereocenters. The summed E-state index contributed by atoms with van der Waals surface area (Å²) >= 11 is 0. The minimum atomic E-state index is -0.0697. The standard InChI is InChI=1S/C14H17N5O2/c1-19(9-10-3-5-11(21-2)6-4-10)14-12(13(15)18-20)16-7-8-17-14/h3-8,20H,9H2,1-2H3,(H2,15,18). The van der Waals surface area contributed by atoms with E-state index in [1.165, 1.54) is 6.20 Å². The van der Waals surface area contributed by atoms with Crippen LogP contribution in [0.3, 0.4) is 0 Å². The van der Waals surface area contributed by atoms with E-state index in [9.17, 15) is 0 Å². The van der Waals surface area contributed by atoms with Crippen molar-refractivity contribution in [2.45, 2.75) is 6.54 Å². The molecule has 2 aromatic rings. The van der Waals surface area contributed by atoms with Crippen molar-refractivity contribution in [1.29, 1.82) is 0 Å². The molecular weight excluding hydrogens is 270 g/mol. The van der Waals surface area contributed by atoms with E-state index < -0.39 is 0 Å². The lowest BCUT2D eigenvalue weighted by Gasteiger charge is -2.20. The van der Waals surface area contributed by atoms with Gasteiger partial charge >= 0.3 is 0 Å². The van der Waals surface area contributed by atoms with Crippen molar-refractivity contribution >= 4 is 11.7 Å². The van der Waals surface area contributed by atoms with Crippen molar-refractivity contribution in [3.05, 3.63) is 47.9 Å². The Morgan fingerprint density at radius 1 is 1.29 bits per heavy atom. The number of oxime groups is 1. The molecule has 7 heteroatoms. The van der Waals surface area contributed by atoms with Crippen molar-refractivity contribution in [3.8, 4) is 5.75 Å². The fraction of sp³-hybridized carbons (Fsp3) is 0.214. The van der Waals surface area contributed by atoms with Gasteiger partial charge in [0.1, 0.15) is 5.75 Å².